The van der Waals surface area contributed by atoms with Crippen molar-refractivity contribution < 1.29 is 28.5 Å². The maximum absolute atomic E-state index is 11.4. The molecule has 0 aromatic heterocycles. The molecule has 0 unspecified atom stereocenters. The van der Waals surface area contributed by atoms with Crippen LogP contribution in [0.1, 0.15) is 13.8 Å². The number of hydrogen-bond acceptors (Lipinski definition) is 7. The van der Waals surface area contributed by atoms with Crippen LogP contribution in [-0.4, -0.2) is 51.8 Å². The predicted molar refractivity (Wildman–Crippen MR) is 102 cm³/mol. The molecule has 2 aromatic carbocycles. The van der Waals surface area contributed by atoms with Crippen molar-refractivity contribution in [2.45, 2.75) is 13.8 Å². The monoisotopic (exact) mass is 375 g/mol. The van der Waals surface area contributed by atoms with Gasteiger partial charge >= 0.3 is 12.3 Å². The molecule has 0 atom stereocenters. The number of nitrogens with zero attached hydrogens (tertiary/aromatic N) is 1. The number of rotatable bonds is 9. The van der Waals surface area contributed by atoms with Gasteiger partial charge in [0.05, 0.1) is 26.3 Å². The summed E-state index contributed by atoms with van der Waals surface area (Å²) in [4.78, 5) is 24.8. The summed E-state index contributed by atoms with van der Waals surface area (Å²) in [7, 11) is 0. The van der Waals surface area contributed by atoms with E-state index in [1.165, 1.54) is 0 Å². The summed E-state index contributed by atoms with van der Waals surface area (Å²) in [6.45, 7) is 5.13. The number of ether oxygens (including phenoxy) is 4. The lowest BCUT2D eigenvalue weighted by atomic mass is 10.1. The minimum atomic E-state index is -0.696. The molecule has 0 saturated carbocycles. The van der Waals surface area contributed by atoms with E-state index in [1.807, 2.05) is 47.4 Å². The van der Waals surface area contributed by atoms with E-state index in [4.69, 9.17) is 18.9 Å². The summed E-state index contributed by atoms with van der Waals surface area (Å²) in [6.07, 6.45) is -1.39. The zero-order chi connectivity index (χ0) is 19.5. The van der Waals surface area contributed by atoms with Crippen LogP contribution in [-0.2, 0) is 18.9 Å². The lowest BCUT2D eigenvalue weighted by Crippen LogP contribution is -2.32. The topological polar surface area (TPSA) is 74.3 Å². The van der Waals surface area contributed by atoms with Crippen LogP contribution in [0, 0.1) is 0 Å². The van der Waals surface area contributed by atoms with Gasteiger partial charge in [0, 0.05) is 11.1 Å². The van der Waals surface area contributed by atoms with Crippen molar-refractivity contribution in [3.63, 3.8) is 0 Å². The highest BCUT2D eigenvalue weighted by Gasteiger charge is 2.13. The molecule has 0 saturated heterocycles. The Labute approximate surface area is 158 Å². The van der Waals surface area contributed by atoms with Gasteiger partial charge in [-0.25, -0.2) is 9.59 Å². The third-order valence-corrected chi connectivity index (χ3v) is 3.79. The zero-order valence-electron chi connectivity index (χ0n) is 15.7. The molecule has 0 fully saturated rings. The Morgan fingerprint density at radius 1 is 0.778 bits per heavy atom. The quantitative estimate of drug-likeness (QED) is 0.613. The Hall–Kier alpha value is -2.96. The fourth-order valence-corrected chi connectivity index (χ4v) is 2.63. The molecule has 0 radical (unpaired) electrons. The number of benzene rings is 2. The summed E-state index contributed by atoms with van der Waals surface area (Å²) < 4.78 is 19.7. The minimum absolute atomic E-state index is 0.154. The fourth-order valence-electron chi connectivity index (χ4n) is 2.63. The van der Waals surface area contributed by atoms with Gasteiger partial charge in [0.25, 0.3) is 0 Å². The molecule has 0 N–H and O–H groups in total. The SMILES string of the molecule is CCOC(=O)OCCN(CCOC(=O)OCC)c1cccc2ccccc12. The van der Waals surface area contributed by atoms with Crippen molar-refractivity contribution in [2.24, 2.45) is 0 Å². The molecule has 7 heteroatoms. The molecule has 0 spiro atoms. The van der Waals surface area contributed by atoms with Crippen molar-refractivity contribution >= 4 is 28.8 Å². The second kappa shape index (κ2) is 10.9. The molecule has 0 aliphatic rings. The van der Waals surface area contributed by atoms with Crippen LogP contribution < -0.4 is 4.90 Å². The van der Waals surface area contributed by atoms with E-state index in [2.05, 4.69) is 0 Å². The third kappa shape index (κ3) is 6.36. The smallest absolute Gasteiger partial charge is 0.435 e. The van der Waals surface area contributed by atoms with Gasteiger partial charge in [-0.1, -0.05) is 36.4 Å². The van der Waals surface area contributed by atoms with Gasteiger partial charge in [0.2, 0.25) is 0 Å². The van der Waals surface area contributed by atoms with Gasteiger partial charge < -0.3 is 23.8 Å². The van der Waals surface area contributed by atoms with Crippen LogP contribution in [0.4, 0.5) is 15.3 Å². The van der Waals surface area contributed by atoms with Crippen molar-refractivity contribution in [3.8, 4) is 0 Å². The molecule has 0 amide bonds. The van der Waals surface area contributed by atoms with Gasteiger partial charge in [-0.2, -0.15) is 0 Å². The van der Waals surface area contributed by atoms with Crippen molar-refractivity contribution in [2.75, 3.05) is 44.4 Å². The molecule has 0 aliphatic heterocycles. The lowest BCUT2D eigenvalue weighted by Gasteiger charge is -2.25. The van der Waals surface area contributed by atoms with E-state index < -0.39 is 12.3 Å². The standard InChI is InChI=1S/C20H25NO6/c1-3-24-19(22)26-14-12-21(13-15-27-20(23)25-4-2)18-11-7-9-16-8-5-6-10-17(16)18/h5-11H,3-4,12-15H2,1-2H3. The number of hydrogen-bond donors (Lipinski definition) is 0. The first-order valence-corrected chi connectivity index (χ1v) is 8.97. The molecule has 7 nitrogen and oxygen atoms in total. The van der Waals surface area contributed by atoms with E-state index in [9.17, 15) is 9.59 Å². The highest BCUT2D eigenvalue weighted by atomic mass is 16.7. The number of carbonyl (C=O) groups excluding carboxylic acids is 2. The Morgan fingerprint density at radius 2 is 1.33 bits per heavy atom. The number of fused-ring (bicyclic) bond motifs is 1. The molecule has 146 valence electrons. The number of anilines is 1. The van der Waals surface area contributed by atoms with Gasteiger partial charge in [0.1, 0.15) is 13.2 Å². The van der Waals surface area contributed by atoms with Crippen LogP contribution >= 0.6 is 0 Å². The van der Waals surface area contributed by atoms with Crippen LogP contribution in [0.15, 0.2) is 42.5 Å². The molecule has 0 heterocycles. The largest absolute Gasteiger partial charge is 0.508 e. The van der Waals surface area contributed by atoms with Gasteiger partial charge in [0.15, 0.2) is 0 Å². The Morgan fingerprint density at radius 3 is 1.93 bits per heavy atom. The first kappa shape index (κ1) is 20.4. The lowest BCUT2D eigenvalue weighted by molar-refractivity contribution is 0.0583. The first-order valence-electron chi connectivity index (χ1n) is 8.97. The molecule has 2 aromatic rings. The van der Waals surface area contributed by atoms with Crippen LogP contribution in [0.2, 0.25) is 0 Å². The molecular formula is C20H25NO6. The van der Waals surface area contributed by atoms with Crippen LogP contribution in [0.5, 0.6) is 0 Å². The summed E-state index contributed by atoms with van der Waals surface area (Å²) in [5, 5.41) is 2.16. The van der Waals surface area contributed by atoms with Crippen molar-refractivity contribution in [1.82, 2.24) is 0 Å². The van der Waals surface area contributed by atoms with E-state index in [0.29, 0.717) is 13.1 Å². The maximum Gasteiger partial charge on any atom is 0.508 e. The van der Waals surface area contributed by atoms with E-state index >= 15 is 0 Å². The van der Waals surface area contributed by atoms with Gasteiger partial charge in [-0.3, -0.25) is 0 Å². The Balaban J connectivity index is 2.08. The van der Waals surface area contributed by atoms with Crippen LogP contribution in [0.3, 0.4) is 0 Å². The summed E-state index contributed by atoms with van der Waals surface area (Å²) in [5.41, 5.74) is 0.966. The normalized spacial score (nSPS) is 10.3. The molecule has 0 bridgehead atoms. The average molecular weight is 375 g/mol. The number of carbonyl (C=O) groups is 2. The summed E-state index contributed by atoms with van der Waals surface area (Å²) in [6, 6.07) is 14.0. The fraction of sp³-hybridized carbons (Fsp3) is 0.400. The van der Waals surface area contributed by atoms with Gasteiger partial charge in [-0.15, -0.1) is 0 Å². The van der Waals surface area contributed by atoms with Gasteiger partial charge in [-0.05, 0) is 25.3 Å². The predicted octanol–water partition coefficient (Wildman–Crippen LogP) is 3.99. The van der Waals surface area contributed by atoms with E-state index in [-0.39, 0.29) is 26.4 Å². The maximum atomic E-state index is 11.4. The van der Waals surface area contributed by atoms with E-state index in [0.717, 1.165) is 16.5 Å². The summed E-state index contributed by atoms with van der Waals surface area (Å²) >= 11 is 0. The van der Waals surface area contributed by atoms with Crippen molar-refractivity contribution in [1.29, 1.82) is 0 Å². The highest BCUT2D eigenvalue weighted by molar-refractivity contribution is 5.94. The Kier molecular flexibility index (Phi) is 8.22. The zero-order valence-corrected chi connectivity index (χ0v) is 15.7. The Bertz CT molecular complexity index is 719. The highest BCUT2D eigenvalue weighted by Crippen LogP contribution is 2.26. The molecule has 2 rings (SSSR count). The van der Waals surface area contributed by atoms with Crippen LogP contribution in [0.25, 0.3) is 10.8 Å². The first-order chi connectivity index (χ1) is 13.2. The van der Waals surface area contributed by atoms with Crippen molar-refractivity contribution in [3.05, 3.63) is 42.5 Å². The summed E-state index contributed by atoms with van der Waals surface area (Å²) in [5.74, 6) is 0. The second-order valence-corrected chi connectivity index (χ2v) is 5.55. The molecule has 0 aliphatic carbocycles. The average Bonchev–Trinajstić information content (AvgIpc) is 2.67. The third-order valence-electron chi connectivity index (χ3n) is 3.79. The molecule has 27 heavy (non-hydrogen) atoms. The minimum Gasteiger partial charge on any atom is -0.435 e. The second-order valence-electron chi connectivity index (χ2n) is 5.55. The molecular weight excluding hydrogens is 350 g/mol. The van der Waals surface area contributed by atoms with E-state index in [1.54, 1.807) is 13.8 Å².